The number of hydrogen-bond acceptors (Lipinski definition) is 2. The Kier molecular flexibility index (Phi) is 3.59. The second kappa shape index (κ2) is 5.33. The van der Waals surface area contributed by atoms with Crippen molar-refractivity contribution in [3.8, 4) is 23.6 Å². The number of rotatable bonds is 4. The van der Waals surface area contributed by atoms with Crippen LogP contribution < -0.4 is 5.73 Å². The summed E-state index contributed by atoms with van der Waals surface area (Å²) in [6, 6.07) is 10.1. The van der Waals surface area contributed by atoms with Gasteiger partial charge in [0.25, 0.3) is 0 Å². The van der Waals surface area contributed by atoms with E-state index in [4.69, 9.17) is 12.2 Å². The van der Waals surface area contributed by atoms with E-state index in [0.717, 1.165) is 23.2 Å². The Morgan fingerprint density at radius 2 is 2.06 bits per heavy atom. The molecule has 0 spiro atoms. The van der Waals surface area contributed by atoms with Gasteiger partial charge >= 0.3 is 0 Å². The Morgan fingerprint density at radius 1 is 1.29 bits per heavy atom. The van der Waals surface area contributed by atoms with Crippen LogP contribution in [0.15, 0.2) is 36.5 Å². The second-order valence-electron chi connectivity index (χ2n) is 3.81. The first kappa shape index (κ1) is 11.4. The summed E-state index contributed by atoms with van der Waals surface area (Å²) in [6.07, 6.45) is 8.09. The molecule has 0 unspecified atom stereocenters. The summed E-state index contributed by atoms with van der Waals surface area (Å²) >= 11 is 0. The summed E-state index contributed by atoms with van der Waals surface area (Å²) in [5.74, 6) is 2.59. The predicted molar refractivity (Wildman–Crippen MR) is 69.3 cm³/mol. The molecule has 17 heavy (non-hydrogen) atoms. The molecule has 2 aromatic rings. The first-order valence-corrected chi connectivity index (χ1v) is 5.60. The number of nitrogens with zero attached hydrogens (tertiary/aromatic N) is 2. The van der Waals surface area contributed by atoms with E-state index in [9.17, 15) is 0 Å². The predicted octanol–water partition coefficient (Wildman–Crippen LogP) is 1.68. The smallest absolute Gasteiger partial charge is 0.101 e. The lowest BCUT2D eigenvalue weighted by atomic mass is 10.1. The van der Waals surface area contributed by atoms with Crippen LogP contribution in [-0.4, -0.2) is 16.3 Å². The van der Waals surface area contributed by atoms with Crippen LogP contribution in [0.25, 0.3) is 11.3 Å². The van der Waals surface area contributed by atoms with Gasteiger partial charge in [-0.05, 0) is 18.5 Å². The minimum Gasteiger partial charge on any atom is -0.330 e. The molecule has 86 valence electrons. The van der Waals surface area contributed by atoms with Crippen LogP contribution >= 0.6 is 0 Å². The van der Waals surface area contributed by atoms with Gasteiger partial charge in [0.2, 0.25) is 0 Å². The van der Waals surface area contributed by atoms with Crippen LogP contribution in [0, 0.1) is 12.3 Å². The number of aromatic nitrogens is 2. The second-order valence-corrected chi connectivity index (χ2v) is 3.81. The third-order valence-corrected chi connectivity index (χ3v) is 2.55. The number of benzene rings is 1. The molecule has 1 aromatic heterocycles. The van der Waals surface area contributed by atoms with Crippen molar-refractivity contribution in [2.24, 2.45) is 5.73 Å². The van der Waals surface area contributed by atoms with Crippen molar-refractivity contribution in [3.05, 3.63) is 42.1 Å². The molecular weight excluding hydrogens is 210 g/mol. The first-order valence-electron chi connectivity index (χ1n) is 5.60. The first-order chi connectivity index (χ1) is 8.35. The lowest BCUT2D eigenvalue weighted by Gasteiger charge is -1.99. The zero-order valence-electron chi connectivity index (χ0n) is 9.63. The summed E-state index contributed by atoms with van der Waals surface area (Å²) < 4.78 is 1.79. The Balaban J connectivity index is 2.41. The zero-order valence-corrected chi connectivity index (χ0v) is 9.63. The van der Waals surface area contributed by atoms with E-state index >= 15 is 0 Å². The van der Waals surface area contributed by atoms with E-state index in [0.29, 0.717) is 13.1 Å². The van der Waals surface area contributed by atoms with E-state index in [1.165, 1.54) is 0 Å². The lowest BCUT2D eigenvalue weighted by Crippen LogP contribution is -2.02. The molecule has 0 saturated carbocycles. The molecule has 0 aliphatic heterocycles. The van der Waals surface area contributed by atoms with Crippen LogP contribution in [0.4, 0.5) is 0 Å². The summed E-state index contributed by atoms with van der Waals surface area (Å²) in [5.41, 5.74) is 8.84. The van der Waals surface area contributed by atoms with Gasteiger partial charge in [0.05, 0.1) is 5.69 Å². The topological polar surface area (TPSA) is 43.8 Å². The largest absolute Gasteiger partial charge is 0.330 e. The van der Waals surface area contributed by atoms with E-state index in [1.807, 2.05) is 36.5 Å². The molecule has 0 saturated heterocycles. The standard InChI is InChI=1S/C14H15N3/c1-2-10-17-11-13(8-9-15)14(16-17)12-6-4-3-5-7-12/h1,3-7,11H,8-10,15H2. The van der Waals surface area contributed by atoms with Gasteiger partial charge in [-0.3, -0.25) is 4.68 Å². The fourth-order valence-electron chi connectivity index (χ4n) is 1.81. The molecule has 0 atom stereocenters. The van der Waals surface area contributed by atoms with Crippen molar-refractivity contribution < 1.29 is 0 Å². The van der Waals surface area contributed by atoms with Gasteiger partial charge < -0.3 is 5.73 Å². The maximum Gasteiger partial charge on any atom is 0.101 e. The minimum atomic E-state index is 0.490. The monoisotopic (exact) mass is 225 g/mol. The van der Waals surface area contributed by atoms with Crippen molar-refractivity contribution in [1.29, 1.82) is 0 Å². The van der Waals surface area contributed by atoms with Crippen molar-refractivity contribution in [3.63, 3.8) is 0 Å². The highest BCUT2D eigenvalue weighted by atomic mass is 15.3. The number of terminal acetylenes is 1. The summed E-state index contributed by atoms with van der Waals surface area (Å²) in [7, 11) is 0. The van der Waals surface area contributed by atoms with E-state index in [2.05, 4.69) is 11.0 Å². The van der Waals surface area contributed by atoms with Crippen molar-refractivity contribution >= 4 is 0 Å². The Labute approximate surface area is 101 Å². The normalized spacial score (nSPS) is 10.1. The Morgan fingerprint density at radius 3 is 2.71 bits per heavy atom. The van der Waals surface area contributed by atoms with E-state index in [1.54, 1.807) is 4.68 Å². The fraction of sp³-hybridized carbons (Fsp3) is 0.214. The molecule has 0 amide bonds. The van der Waals surface area contributed by atoms with Gasteiger partial charge in [-0.1, -0.05) is 36.3 Å². The third kappa shape index (κ3) is 2.55. The highest BCUT2D eigenvalue weighted by Gasteiger charge is 2.09. The quantitative estimate of drug-likeness (QED) is 0.805. The average molecular weight is 225 g/mol. The summed E-state index contributed by atoms with van der Waals surface area (Å²) in [6.45, 7) is 1.10. The molecule has 2 N–H and O–H groups in total. The molecule has 3 nitrogen and oxygen atoms in total. The third-order valence-electron chi connectivity index (χ3n) is 2.55. The minimum absolute atomic E-state index is 0.490. The van der Waals surface area contributed by atoms with Crippen LogP contribution in [0.5, 0.6) is 0 Å². The fourth-order valence-corrected chi connectivity index (χ4v) is 1.81. The Hall–Kier alpha value is -2.05. The van der Waals surface area contributed by atoms with Gasteiger partial charge in [-0.2, -0.15) is 5.10 Å². The molecule has 0 aliphatic carbocycles. The maximum absolute atomic E-state index is 5.61. The molecular formula is C14H15N3. The van der Waals surface area contributed by atoms with Crippen molar-refractivity contribution in [2.45, 2.75) is 13.0 Å². The molecule has 3 heteroatoms. The van der Waals surface area contributed by atoms with Crippen molar-refractivity contribution in [2.75, 3.05) is 6.54 Å². The molecule has 1 heterocycles. The van der Waals surface area contributed by atoms with Crippen molar-refractivity contribution in [1.82, 2.24) is 9.78 Å². The van der Waals surface area contributed by atoms with E-state index in [-0.39, 0.29) is 0 Å². The highest BCUT2D eigenvalue weighted by molar-refractivity contribution is 5.62. The molecule has 0 radical (unpaired) electrons. The molecule has 0 fully saturated rings. The summed E-state index contributed by atoms with van der Waals surface area (Å²) in [4.78, 5) is 0. The molecule has 0 aliphatic rings. The lowest BCUT2D eigenvalue weighted by molar-refractivity contribution is 0.717. The van der Waals surface area contributed by atoms with E-state index < -0.39 is 0 Å². The van der Waals surface area contributed by atoms with Crippen LogP contribution in [0.3, 0.4) is 0 Å². The highest BCUT2D eigenvalue weighted by Crippen LogP contribution is 2.21. The van der Waals surface area contributed by atoms with Gasteiger partial charge in [0.15, 0.2) is 0 Å². The van der Waals surface area contributed by atoms with Gasteiger partial charge in [0.1, 0.15) is 6.54 Å². The average Bonchev–Trinajstić information content (AvgIpc) is 2.74. The number of hydrogen-bond donors (Lipinski definition) is 1. The van der Waals surface area contributed by atoms with Crippen LogP contribution in [-0.2, 0) is 13.0 Å². The summed E-state index contributed by atoms with van der Waals surface area (Å²) in [5, 5.41) is 4.51. The molecule has 2 rings (SSSR count). The molecule has 0 bridgehead atoms. The zero-order chi connectivity index (χ0) is 12.1. The van der Waals surface area contributed by atoms with Crippen LogP contribution in [0.1, 0.15) is 5.56 Å². The van der Waals surface area contributed by atoms with Gasteiger partial charge in [0, 0.05) is 11.8 Å². The molecule has 1 aromatic carbocycles. The number of nitrogens with two attached hydrogens (primary N) is 1. The SMILES string of the molecule is C#CCn1cc(CCN)c(-c2ccccc2)n1. The maximum atomic E-state index is 5.61. The van der Waals surface area contributed by atoms with Gasteiger partial charge in [-0.15, -0.1) is 6.42 Å². The Bertz CT molecular complexity index is 520. The van der Waals surface area contributed by atoms with Crippen LogP contribution in [0.2, 0.25) is 0 Å². The van der Waals surface area contributed by atoms with Gasteiger partial charge in [-0.25, -0.2) is 0 Å².